The fourth-order valence-electron chi connectivity index (χ4n) is 2.53. The van der Waals surface area contributed by atoms with Gasteiger partial charge in [-0.25, -0.2) is 0 Å². The van der Waals surface area contributed by atoms with E-state index >= 15 is 0 Å². The summed E-state index contributed by atoms with van der Waals surface area (Å²) in [4.78, 5) is 14.3. The Kier molecular flexibility index (Phi) is 6.08. The summed E-state index contributed by atoms with van der Waals surface area (Å²) in [6.07, 6.45) is -4.34. The van der Waals surface area contributed by atoms with E-state index in [0.717, 1.165) is 28.9 Å². The highest BCUT2D eigenvalue weighted by Crippen LogP contribution is 2.29. The van der Waals surface area contributed by atoms with Gasteiger partial charge in [0.2, 0.25) is 5.91 Å². The van der Waals surface area contributed by atoms with E-state index in [0.29, 0.717) is 12.1 Å². The van der Waals surface area contributed by atoms with Gasteiger partial charge in [-0.15, -0.1) is 0 Å². The molecule has 6 heteroatoms. The maximum atomic E-state index is 12.6. The molecule has 140 valence electrons. The number of carbonyl (C=O) groups excluding carboxylic acids is 1. The lowest BCUT2D eigenvalue weighted by Gasteiger charge is -2.24. The van der Waals surface area contributed by atoms with Gasteiger partial charge in [0.25, 0.3) is 0 Å². The van der Waals surface area contributed by atoms with E-state index in [9.17, 15) is 18.0 Å². The van der Waals surface area contributed by atoms with Crippen LogP contribution in [0.5, 0.6) is 0 Å². The molecular formula is C20H23F3N2O. The largest absolute Gasteiger partial charge is 0.416 e. The lowest BCUT2D eigenvalue weighted by Crippen LogP contribution is -2.39. The van der Waals surface area contributed by atoms with E-state index in [1.54, 1.807) is 18.9 Å². The lowest BCUT2D eigenvalue weighted by molar-refractivity contribution is -0.137. The average Bonchev–Trinajstić information content (AvgIpc) is 2.57. The van der Waals surface area contributed by atoms with Crippen molar-refractivity contribution in [3.63, 3.8) is 0 Å². The van der Waals surface area contributed by atoms with Crippen LogP contribution in [0.15, 0.2) is 42.5 Å². The first-order valence-corrected chi connectivity index (χ1v) is 8.32. The lowest BCUT2D eigenvalue weighted by atomic mass is 10.1. The molecule has 3 nitrogen and oxygen atoms in total. The first-order valence-electron chi connectivity index (χ1n) is 8.32. The Morgan fingerprint density at radius 1 is 1.12 bits per heavy atom. The number of anilines is 1. The van der Waals surface area contributed by atoms with Crippen molar-refractivity contribution < 1.29 is 18.0 Å². The first-order chi connectivity index (χ1) is 12.1. The molecule has 1 unspecified atom stereocenters. The molecule has 0 aliphatic carbocycles. The highest BCUT2D eigenvalue weighted by molar-refractivity contribution is 5.95. The van der Waals surface area contributed by atoms with Crippen molar-refractivity contribution in [1.82, 2.24) is 4.90 Å². The number of halogens is 3. The fraction of sp³-hybridized carbons (Fsp3) is 0.350. The number of aryl methyl sites for hydroxylation is 2. The molecule has 0 aliphatic heterocycles. The van der Waals surface area contributed by atoms with Crippen LogP contribution in [-0.4, -0.2) is 23.9 Å². The number of carbonyl (C=O) groups is 1. The van der Waals surface area contributed by atoms with Crippen molar-refractivity contribution in [2.75, 3.05) is 12.4 Å². The van der Waals surface area contributed by atoms with E-state index in [-0.39, 0.29) is 5.91 Å². The van der Waals surface area contributed by atoms with Crippen LogP contribution >= 0.6 is 0 Å². The Bertz CT molecular complexity index is 770. The van der Waals surface area contributed by atoms with Gasteiger partial charge >= 0.3 is 6.18 Å². The van der Waals surface area contributed by atoms with Crippen LogP contribution in [0.2, 0.25) is 0 Å². The topological polar surface area (TPSA) is 32.3 Å². The molecule has 1 amide bonds. The zero-order chi connectivity index (χ0) is 19.5. The number of benzene rings is 2. The minimum Gasteiger partial charge on any atom is -0.324 e. The predicted molar refractivity (Wildman–Crippen MR) is 96.9 cm³/mol. The molecule has 1 atom stereocenters. The molecule has 0 heterocycles. The molecule has 0 saturated carbocycles. The Morgan fingerprint density at radius 3 is 2.31 bits per heavy atom. The van der Waals surface area contributed by atoms with Crippen molar-refractivity contribution in [1.29, 1.82) is 0 Å². The number of hydrogen-bond acceptors (Lipinski definition) is 2. The zero-order valence-electron chi connectivity index (χ0n) is 15.3. The van der Waals surface area contributed by atoms with Gasteiger partial charge in [0.15, 0.2) is 0 Å². The molecule has 0 fully saturated rings. The van der Waals surface area contributed by atoms with Gasteiger partial charge in [0.05, 0.1) is 11.6 Å². The Morgan fingerprint density at radius 2 is 1.73 bits per heavy atom. The highest BCUT2D eigenvalue weighted by Gasteiger charge is 2.30. The summed E-state index contributed by atoms with van der Waals surface area (Å²) in [5.74, 6) is -0.159. The number of amides is 1. The molecule has 1 N–H and O–H groups in total. The minimum absolute atomic E-state index is 0.159. The second kappa shape index (κ2) is 7.91. The third kappa shape index (κ3) is 5.08. The summed E-state index contributed by atoms with van der Waals surface area (Å²) in [6.45, 7) is 6.02. The number of nitrogens with zero attached hydrogens (tertiary/aromatic N) is 1. The summed E-state index contributed by atoms with van der Waals surface area (Å²) in [7, 11) is 1.77. The maximum absolute atomic E-state index is 12.6. The van der Waals surface area contributed by atoms with Gasteiger partial charge in [0, 0.05) is 12.2 Å². The molecule has 2 rings (SSSR count). The van der Waals surface area contributed by atoms with Crippen LogP contribution in [0.4, 0.5) is 18.9 Å². The smallest absolute Gasteiger partial charge is 0.324 e. The summed E-state index contributed by atoms with van der Waals surface area (Å²) >= 11 is 0. The van der Waals surface area contributed by atoms with Crippen molar-refractivity contribution in [2.24, 2.45) is 0 Å². The van der Waals surface area contributed by atoms with E-state index in [2.05, 4.69) is 5.32 Å². The molecule has 26 heavy (non-hydrogen) atoms. The normalized spacial score (nSPS) is 12.9. The van der Waals surface area contributed by atoms with Gasteiger partial charge in [-0.3, -0.25) is 9.69 Å². The molecule has 2 aromatic rings. The Balaban J connectivity index is 2.01. The third-order valence-electron chi connectivity index (χ3n) is 4.40. The number of rotatable bonds is 5. The molecule has 0 radical (unpaired) electrons. The number of likely N-dealkylation sites (N-methyl/N-ethyl adjacent to an activating group) is 1. The van der Waals surface area contributed by atoms with Crippen LogP contribution in [0.25, 0.3) is 0 Å². The molecule has 0 aliphatic rings. The van der Waals surface area contributed by atoms with E-state index in [1.807, 2.05) is 32.0 Å². The maximum Gasteiger partial charge on any atom is 0.416 e. The highest BCUT2D eigenvalue weighted by atomic mass is 19.4. The van der Waals surface area contributed by atoms with Crippen LogP contribution < -0.4 is 5.32 Å². The third-order valence-corrected chi connectivity index (χ3v) is 4.40. The number of hydrogen-bond donors (Lipinski definition) is 1. The van der Waals surface area contributed by atoms with Gasteiger partial charge in [-0.2, -0.15) is 13.2 Å². The SMILES string of the molecule is Cc1ccc(C)c(NC(=O)C(C)N(C)Cc2ccc(C(F)(F)F)cc2)c1. The van der Waals surface area contributed by atoms with Crippen molar-refractivity contribution >= 4 is 11.6 Å². The van der Waals surface area contributed by atoms with Gasteiger partial charge < -0.3 is 5.32 Å². The molecule has 0 spiro atoms. The van der Waals surface area contributed by atoms with Gasteiger partial charge in [-0.05, 0) is 62.7 Å². The average molecular weight is 364 g/mol. The van der Waals surface area contributed by atoms with Crippen LogP contribution in [0.3, 0.4) is 0 Å². The van der Waals surface area contributed by atoms with Crippen LogP contribution in [0.1, 0.15) is 29.2 Å². The molecule has 0 aromatic heterocycles. The number of alkyl halides is 3. The van der Waals surface area contributed by atoms with Gasteiger partial charge in [-0.1, -0.05) is 24.3 Å². The zero-order valence-corrected chi connectivity index (χ0v) is 15.3. The summed E-state index contributed by atoms with van der Waals surface area (Å²) in [5.41, 5.74) is 2.83. The van der Waals surface area contributed by atoms with Crippen molar-refractivity contribution in [3.05, 3.63) is 64.7 Å². The van der Waals surface area contributed by atoms with Crippen molar-refractivity contribution in [2.45, 2.75) is 39.5 Å². The standard InChI is InChI=1S/C20H23F3N2O/c1-13-5-6-14(2)18(11-13)24-19(26)15(3)25(4)12-16-7-9-17(10-8-16)20(21,22)23/h5-11,15H,12H2,1-4H3,(H,24,26). The van der Waals surface area contributed by atoms with Gasteiger partial charge in [0.1, 0.15) is 0 Å². The van der Waals surface area contributed by atoms with Crippen LogP contribution in [-0.2, 0) is 17.5 Å². The Hall–Kier alpha value is -2.34. The molecule has 0 saturated heterocycles. The van der Waals surface area contributed by atoms with E-state index in [1.165, 1.54) is 12.1 Å². The Labute approximate surface area is 151 Å². The van der Waals surface area contributed by atoms with Crippen LogP contribution in [0, 0.1) is 13.8 Å². The fourth-order valence-corrected chi connectivity index (χ4v) is 2.53. The second-order valence-corrected chi connectivity index (χ2v) is 6.59. The predicted octanol–water partition coefficient (Wildman–Crippen LogP) is 4.78. The first kappa shape index (κ1) is 20.0. The van der Waals surface area contributed by atoms with Crippen molar-refractivity contribution in [3.8, 4) is 0 Å². The van der Waals surface area contributed by atoms with E-state index < -0.39 is 17.8 Å². The second-order valence-electron chi connectivity index (χ2n) is 6.59. The molecular weight excluding hydrogens is 341 g/mol. The summed E-state index contributed by atoms with van der Waals surface area (Å²) in [5, 5.41) is 2.92. The molecule has 0 bridgehead atoms. The quantitative estimate of drug-likeness (QED) is 0.828. The monoisotopic (exact) mass is 364 g/mol. The number of nitrogens with one attached hydrogen (secondary N) is 1. The molecule has 2 aromatic carbocycles. The summed E-state index contributed by atoms with van der Waals surface area (Å²) in [6, 6.07) is 10.4. The summed E-state index contributed by atoms with van der Waals surface area (Å²) < 4.78 is 37.9. The van der Waals surface area contributed by atoms with E-state index in [4.69, 9.17) is 0 Å². The minimum atomic E-state index is -4.34.